The summed E-state index contributed by atoms with van der Waals surface area (Å²) in [4.78, 5) is 17.9. The number of nitrogens with one attached hydrogen (secondary N) is 2. The van der Waals surface area contributed by atoms with E-state index >= 15 is 0 Å². The number of nitrogens with zero attached hydrogens (tertiary/aromatic N) is 1. The van der Waals surface area contributed by atoms with Crippen LogP contribution in [0.25, 0.3) is 0 Å². The smallest absolute Gasteiger partial charge is 0.248 e. The number of amides is 1. The first-order chi connectivity index (χ1) is 9.67. The molecule has 2 aromatic rings. The fourth-order valence-corrected chi connectivity index (χ4v) is 3.36. The molecule has 0 saturated heterocycles. The minimum Gasteiger partial charge on any atom is -0.373 e. The van der Waals surface area contributed by atoms with Crippen LogP contribution in [0.1, 0.15) is 23.1 Å². The van der Waals surface area contributed by atoms with E-state index in [1.165, 1.54) is 21.8 Å². The number of hydrogen-bond acceptors (Lipinski definition) is 4. The number of rotatable bonds is 3. The van der Waals surface area contributed by atoms with Gasteiger partial charge in [-0.2, -0.15) is 0 Å². The molecule has 1 atom stereocenters. The summed E-state index contributed by atoms with van der Waals surface area (Å²) in [6, 6.07) is 7.83. The molecule has 0 bridgehead atoms. The Hall–Kier alpha value is -1.88. The number of fused-ring (bicyclic) bond motifs is 1. The van der Waals surface area contributed by atoms with E-state index in [0.717, 1.165) is 24.2 Å². The first kappa shape index (κ1) is 13.1. The summed E-state index contributed by atoms with van der Waals surface area (Å²) in [5.74, 6) is -0.0161. The van der Waals surface area contributed by atoms with Gasteiger partial charge in [0.15, 0.2) is 5.13 Å². The highest BCUT2D eigenvalue weighted by molar-refractivity contribution is 7.15. The summed E-state index contributed by atoms with van der Waals surface area (Å²) in [6.07, 6.45) is 1.62. The molecule has 0 radical (unpaired) electrons. The van der Waals surface area contributed by atoms with Gasteiger partial charge in [-0.25, -0.2) is 4.98 Å². The van der Waals surface area contributed by atoms with Gasteiger partial charge >= 0.3 is 0 Å². The topological polar surface area (TPSA) is 54.0 Å². The third kappa shape index (κ3) is 2.41. The Bertz CT molecular complexity index is 625. The number of anilines is 2. The van der Waals surface area contributed by atoms with E-state index in [4.69, 9.17) is 0 Å². The molecule has 0 spiro atoms. The molecule has 104 valence electrons. The van der Waals surface area contributed by atoms with Crippen LogP contribution in [-0.2, 0) is 17.6 Å². The van der Waals surface area contributed by atoms with Crippen molar-refractivity contribution in [2.24, 2.45) is 0 Å². The zero-order valence-electron chi connectivity index (χ0n) is 11.6. The molecule has 1 aromatic heterocycles. The summed E-state index contributed by atoms with van der Waals surface area (Å²) in [5, 5.41) is 6.87. The minimum absolute atomic E-state index is 0.0161. The molecule has 3 rings (SSSR count). The first-order valence-corrected chi connectivity index (χ1v) is 7.60. The van der Waals surface area contributed by atoms with Gasteiger partial charge in [0, 0.05) is 17.0 Å². The second kappa shape index (κ2) is 5.25. The Morgan fingerprint density at radius 2 is 2.30 bits per heavy atom. The van der Waals surface area contributed by atoms with E-state index < -0.39 is 0 Å². The lowest BCUT2D eigenvalue weighted by molar-refractivity contribution is -0.116. The van der Waals surface area contributed by atoms with Gasteiger partial charge in [-0.3, -0.25) is 4.79 Å². The van der Waals surface area contributed by atoms with Gasteiger partial charge in [-0.1, -0.05) is 25.1 Å². The third-order valence-electron chi connectivity index (χ3n) is 3.55. The van der Waals surface area contributed by atoms with E-state index in [1.807, 2.05) is 25.1 Å². The van der Waals surface area contributed by atoms with Gasteiger partial charge in [0.05, 0.1) is 5.69 Å². The van der Waals surface area contributed by atoms with Gasteiger partial charge in [-0.05, 0) is 25.0 Å². The van der Waals surface area contributed by atoms with E-state index in [1.54, 1.807) is 0 Å². The number of thiazole rings is 1. The average molecular weight is 287 g/mol. The van der Waals surface area contributed by atoms with Crippen molar-refractivity contribution < 1.29 is 4.79 Å². The van der Waals surface area contributed by atoms with Gasteiger partial charge < -0.3 is 10.6 Å². The van der Waals surface area contributed by atoms with Crippen LogP contribution in [0.2, 0.25) is 0 Å². The van der Waals surface area contributed by atoms with Crippen molar-refractivity contribution >= 4 is 28.1 Å². The standard InChI is InChI=1S/C15H17N3OS/c1-3-11-9(2)20-15(17-11)18-14(19)13-8-10-6-4-5-7-12(10)16-13/h4-7,13,16H,3,8H2,1-2H3,(H,17,18,19)/t13-/m0/s1. The van der Waals surface area contributed by atoms with Crippen molar-refractivity contribution in [3.05, 3.63) is 40.4 Å². The van der Waals surface area contributed by atoms with Crippen molar-refractivity contribution in [3.63, 3.8) is 0 Å². The Balaban J connectivity index is 1.69. The maximum Gasteiger partial charge on any atom is 0.248 e. The van der Waals surface area contributed by atoms with E-state index in [0.29, 0.717) is 5.13 Å². The molecular weight excluding hydrogens is 270 g/mol. The van der Waals surface area contributed by atoms with Crippen molar-refractivity contribution in [3.8, 4) is 0 Å². The number of para-hydroxylation sites is 1. The van der Waals surface area contributed by atoms with Gasteiger partial charge in [0.25, 0.3) is 0 Å². The number of hydrogen-bond donors (Lipinski definition) is 2. The SMILES string of the molecule is CCc1nc(NC(=O)[C@@H]2Cc3ccccc3N2)sc1C. The monoisotopic (exact) mass is 287 g/mol. The van der Waals surface area contributed by atoms with Crippen LogP contribution in [-0.4, -0.2) is 16.9 Å². The van der Waals surface area contributed by atoms with E-state index in [2.05, 4.69) is 28.6 Å². The predicted octanol–water partition coefficient (Wildman–Crippen LogP) is 2.99. The summed E-state index contributed by atoms with van der Waals surface area (Å²) >= 11 is 1.54. The van der Waals surface area contributed by atoms with Gasteiger partial charge in [-0.15, -0.1) is 11.3 Å². The predicted molar refractivity (Wildman–Crippen MR) is 82.4 cm³/mol. The fourth-order valence-electron chi connectivity index (χ4n) is 2.46. The second-order valence-corrected chi connectivity index (χ2v) is 6.13. The molecule has 1 amide bonds. The molecular formula is C15H17N3OS. The van der Waals surface area contributed by atoms with Gasteiger partial charge in [0.2, 0.25) is 5.91 Å². The van der Waals surface area contributed by atoms with Crippen LogP contribution in [0, 0.1) is 6.92 Å². The molecule has 0 unspecified atom stereocenters. The lowest BCUT2D eigenvalue weighted by Crippen LogP contribution is -2.32. The van der Waals surface area contributed by atoms with E-state index in [-0.39, 0.29) is 11.9 Å². The number of aromatic nitrogens is 1. The number of aryl methyl sites for hydroxylation is 2. The average Bonchev–Trinajstić information content (AvgIpc) is 3.01. The number of benzene rings is 1. The van der Waals surface area contributed by atoms with Crippen molar-refractivity contribution in [1.82, 2.24) is 4.98 Å². The van der Waals surface area contributed by atoms with E-state index in [9.17, 15) is 4.79 Å². The third-order valence-corrected chi connectivity index (χ3v) is 4.47. The molecule has 5 heteroatoms. The summed E-state index contributed by atoms with van der Waals surface area (Å²) in [5.41, 5.74) is 3.31. The highest BCUT2D eigenvalue weighted by Gasteiger charge is 2.26. The lowest BCUT2D eigenvalue weighted by atomic mass is 10.1. The zero-order chi connectivity index (χ0) is 14.1. The largest absolute Gasteiger partial charge is 0.373 e. The highest BCUT2D eigenvalue weighted by Crippen LogP contribution is 2.27. The summed E-state index contributed by atoms with van der Waals surface area (Å²) < 4.78 is 0. The number of carbonyl (C=O) groups excluding carboxylic acids is 1. The van der Waals surface area contributed by atoms with Crippen molar-refractivity contribution in [2.75, 3.05) is 10.6 Å². The Kier molecular flexibility index (Phi) is 3.44. The number of carbonyl (C=O) groups is 1. The van der Waals surface area contributed by atoms with Crippen LogP contribution in [0.4, 0.5) is 10.8 Å². The maximum atomic E-state index is 12.3. The molecule has 2 heterocycles. The van der Waals surface area contributed by atoms with Crippen LogP contribution >= 0.6 is 11.3 Å². The summed E-state index contributed by atoms with van der Waals surface area (Å²) in [6.45, 7) is 4.11. The molecule has 4 nitrogen and oxygen atoms in total. The zero-order valence-corrected chi connectivity index (χ0v) is 12.4. The van der Waals surface area contributed by atoms with Crippen LogP contribution < -0.4 is 10.6 Å². The molecule has 1 aliphatic rings. The molecule has 1 aliphatic heterocycles. The molecule has 1 aromatic carbocycles. The fraction of sp³-hybridized carbons (Fsp3) is 0.333. The molecule has 20 heavy (non-hydrogen) atoms. The Labute approximate surface area is 122 Å². The van der Waals surface area contributed by atoms with Crippen molar-refractivity contribution in [1.29, 1.82) is 0 Å². The highest BCUT2D eigenvalue weighted by atomic mass is 32.1. The maximum absolute atomic E-state index is 12.3. The first-order valence-electron chi connectivity index (χ1n) is 6.79. The van der Waals surface area contributed by atoms with Crippen LogP contribution in [0.5, 0.6) is 0 Å². The summed E-state index contributed by atoms with van der Waals surface area (Å²) in [7, 11) is 0. The molecule has 0 saturated carbocycles. The van der Waals surface area contributed by atoms with Crippen molar-refractivity contribution in [2.45, 2.75) is 32.7 Å². The normalized spacial score (nSPS) is 16.6. The Morgan fingerprint density at radius 3 is 3.00 bits per heavy atom. The quantitative estimate of drug-likeness (QED) is 0.912. The van der Waals surface area contributed by atoms with Crippen LogP contribution in [0.3, 0.4) is 0 Å². The molecule has 2 N–H and O–H groups in total. The second-order valence-electron chi connectivity index (χ2n) is 4.92. The molecule has 0 aliphatic carbocycles. The minimum atomic E-state index is -0.207. The lowest BCUT2D eigenvalue weighted by Gasteiger charge is -2.09. The van der Waals surface area contributed by atoms with Crippen LogP contribution in [0.15, 0.2) is 24.3 Å². The Morgan fingerprint density at radius 1 is 1.50 bits per heavy atom. The van der Waals surface area contributed by atoms with Gasteiger partial charge in [0.1, 0.15) is 6.04 Å². The molecule has 0 fully saturated rings.